The molecule has 1 unspecified atom stereocenters. The summed E-state index contributed by atoms with van der Waals surface area (Å²) >= 11 is 0. The molecular weight excluding hydrogens is 140 g/mol. The lowest BCUT2D eigenvalue weighted by Crippen LogP contribution is -2.42. The molecule has 0 bridgehead atoms. The van der Waals surface area contributed by atoms with E-state index in [1.54, 1.807) is 4.90 Å². The molecule has 1 fully saturated rings. The Kier molecular flexibility index (Phi) is 2.88. The number of piperidine rings is 1. The number of nitrogens with one attached hydrogen (secondary N) is 1. The average molecular weight is 156 g/mol. The van der Waals surface area contributed by atoms with Crippen molar-refractivity contribution in [2.45, 2.75) is 38.8 Å². The third kappa shape index (κ3) is 1.93. The van der Waals surface area contributed by atoms with Crippen LogP contribution in [0.5, 0.6) is 0 Å². The second-order valence-electron chi connectivity index (χ2n) is 2.99. The highest BCUT2D eigenvalue weighted by atomic mass is 16.3. The normalized spacial score (nSPS) is 22.0. The SMILES string of the molecule is CCC(O)N1CCCCC1=N. The van der Waals surface area contributed by atoms with Crippen molar-refractivity contribution in [2.75, 3.05) is 6.54 Å². The highest BCUT2D eigenvalue weighted by Gasteiger charge is 2.19. The van der Waals surface area contributed by atoms with Gasteiger partial charge in [0.15, 0.2) is 0 Å². The number of aliphatic hydroxyl groups excluding tert-OH is 1. The summed E-state index contributed by atoms with van der Waals surface area (Å²) in [4.78, 5) is 1.80. The number of rotatable bonds is 2. The molecule has 64 valence electrons. The Bertz CT molecular complexity index is 147. The largest absolute Gasteiger partial charge is 0.374 e. The van der Waals surface area contributed by atoms with E-state index in [2.05, 4.69) is 0 Å². The van der Waals surface area contributed by atoms with E-state index >= 15 is 0 Å². The average Bonchev–Trinajstić information content (AvgIpc) is 2.04. The zero-order valence-electron chi connectivity index (χ0n) is 7.01. The lowest BCUT2D eigenvalue weighted by atomic mass is 10.1. The molecule has 0 spiro atoms. The van der Waals surface area contributed by atoms with Crippen LogP contribution in [0.4, 0.5) is 0 Å². The van der Waals surface area contributed by atoms with Crippen LogP contribution < -0.4 is 0 Å². The number of likely N-dealkylation sites (tertiary alicyclic amines) is 1. The van der Waals surface area contributed by atoms with Crippen LogP contribution >= 0.6 is 0 Å². The third-order valence-corrected chi connectivity index (χ3v) is 2.13. The molecule has 0 aromatic carbocycles. The van der Waals surface area contributed by atoms with Gasteiger partial charge in [-0.25, -0.2) is 0 Å². The van der Waals surface area contributed by atoms with Gasteiger partial charge in [-0.2, -0.15) is 0 Å². The zero-order chi connectivity index (χ0) is 8.27. The van der Waals surface area contributed by atoms with Crippen molar-refractivity contribution in [3.05, 3.63) is 0 Å². The summed E-state index contributed by atoms with van der Waals surface area (Å²) in [7, 11) is 0. The molecule has 3 heteroatoms. The van der Waals surface area contributed by atoms with Crippen molar-refractivity contribution >= 4 is 5.84 Å². The Morgan fingerprint density at radius 1 is 1.64 bits per heavy atom. The second-order valence-corrected chi connectivity index (χ2v) is 2.99. The van der Waals surface area contributed by atoms with Gasteiger partial charge in [-0.15, -0.1) is 0 Å². The first kappa shape index (κ1) is 8.53. The standard InChI is InChI=1S/C8H16N2O/c1-2-8(11)10-6-4-3-5-7(10)9/h8-9,11H,2-6H2,1H3. The minimum atomic E-state index is -0.428. The van der Waals surface area contributed by atoms with Gasteiger partial charge in [-0.05, 0) is 19.3 Å². The maximum Gasteiger partial charge on any atom is 0.127 e. The fraction of sp³-hybridized carbons (Fsp3) is 0.875. The maximum atomic E-state index is 9.44. The molecule has 0 amide bonds. The van der Waals surface area contributed by atoms with Crippen molar-refractivity contribution in [1.29, 1.82) is 5.41 Å². The smallest absolute Gasteiger partial charge is 0.127 e. The second kappa shape index (κ2) is 3.72. The molecule has 0 saturated carbocycles. The van der Waals surface area contributed by atoms with E-state index in [0.717, 1.165) is 25.8 Å². The third-order valence-electron chi connectivity index (χ3n) is 2.13. The van der Waals surface area contributed by atoms with Crippen LogP contribution in [0, 0.1) is 5.41 Å². The summed E-state index contributed by atoms with van der Waals surface area (Å²) in [6.45, 7) is 2.79. The van der Waals surface area contributed by atoms with E-state index < -0.39 is 6.23 Å². The van der Waals surface area contributed by atoms with E-state index in [0.29, 0.717) is 12.3 Å². The van der Waals surface area contributed by atoms with Gasteiger partial charge in [0.1, 0.15) is 6.23 Å². The zero-order valence-corrected chi connectivity index (χ0v) is 7.01. The van der Waals surface area contributed by atoms with Gasteiger partial charge in [-0.1, -0.05) is 6.92 Å². The molecule has 0 radical (unpaired) electrons. The van der Waals surface area contributed by atoms with Crippen LogP contribution in [-0.2, 0) is 0 Å². The molecule has 0 aromatic rings. The van der Waals surface area contributed by atoms with Crippen LogP contribution in [-0.4, -0.2) is 28.6 Å². The molecule has 11 heavy (non-hydrogen) atoms. The monoisotopic (exact) mass is 156 g/mol. The van der Waals surface area contributed by atoms with Crippen molar-refractivity contribution in [2.24, 2.45) is 0 Å². The summed E-state index contributed by atoms with van der Waals surface area (Å²) in [5.41, 5.74) is 0. The number of hydrogen-bond donors (Lipinski definition) is 2. The summed E-state index contributed by atoms with van der Waals surface area (Å²) in [6, 6.07) is 0. The van der Waals surface area contributed by atoms with Crippen LogP contribution in [0.1, 0.15) is 32.6 Å². The first-order valence-corrected chi connectivity index (χ1v) is 4.28. The minimum absolute atomic E-state index is 0.428. The van der Waals surface area contributed by atoms with Gasteiger partial charge in [0.25, 0.3) is 0 Å². The molecule has 1 rings (SSSR count). The van der Waals surface area contributed by atoms with E-state index in [9.17, 15) is 5.11 Å². The van der Waals surface area contributed by atoms with Crippen molar-refractivity contribution in [1.82, 2.24) is 4.90 Å². The molecule has 1 heterocycles. The molecule has 1 atom stereocenters. The molecule has 1 aliphatic rings. The summed E-state index contributed by atoms with van der Waals surface area (Å²) in [5.74, 6) is 0.602. The molecular formula is C8H16N2O. The van der Waals surface area contributed by atoms with E-state index in [1.807, 2.05) is 6.92 Å². The summed E-state index contributed by atoms with van der Waals surface area (Å²) < 4.78 is 0. The van der Waals surface area contributed by atoms with E-state index in [4.69, 9.17) is 5.41 Å². The Balaban J connectivity index is 2.47. The van der Waals surface area contributed by atoms with Crippen LogP contribution in [0.3, 0.4) is 0 Å². The Hall–Kier alpha value is -0.570. The van der Waals surface area contributed by atoms with Crippen LogP contribution in [0.15, 0.2) is 0 Å². The predicted molar refractivity (Wildman–Crippen MR) is 44.6 cm³/mol. The fourth-order valence-electron chi connectivity index (χ4n) is 1.40. The first-order chi connectivity index (χ1) is 5.25. The highest BCUT2D eigenvalue weighted by molar-refractivity contribution is 5.79. The molecule has 1 aliphatic heterocycles. The minimum Gasteiger partial charge on any atom is -0.374 e. The van der Waals surface area contributed by atoms with E-state index in [1.165, 1.54) is 0 Å². The lowest BCUT2D eigenvalue weighted by molar-refractivity contribution is 0.0426. The van der Waals surface area contributed by atoms with Gasteiger partial charge in [0.05, 0.1) is 5.84 Å². The number of hydrogen-bond acceptors (Lipinski definition) is 2. The quantitative estimate of drug-likeness (QED) is 0.630. The van der Waals surface area contributed by atoms with Crippen LogP contribution in [0.2, 0.25) is 0 Å². The lowest BCUT2D eigenvalue weighted by Gasteiger charge is -2.32. The fourth-order valence-corrected chi connectivity index (χ4v) is 1.40. The van der Waals surface area contributed by atoms with Crippen molar-refractivity contribution in [3.63, 3.8) is 0 Å². The Labute approximate surface area is 67.5 Å². The molecule has 0 aliphatic carbocycles. The van der Waals surface area contributed by atoms with Gasteiger partial charge in [0, 0.05) is 13.0 Å². The van der Waals surface area contributed by atoms with E-state index in [-0.39, 0.29) is 0 Å². The molecule has 1 saturated heterocycles. The number of aliphatic hydroxyl groups is 1. The number of amidine groups is 1. The predicted octanol–water partition coefficient (Wildman–Crippen LogP) is 1.18. The summed E-state index contributed by atoms with van der Waals surface area (Å²) in [6.07, 6.45) is 3.33. The maximum absolute atomic E-state index is 9.44. The topological polar surface area (TPSA) is 47.3 Å². The molecule has 0 aromatic heterocycles. The highest BCUT2D eigenvalue weighted by Crippen LogP contribution is 2.13. The first-order valence-electron chi connectivity index (χ1n) is 4.28. The number of nitrogens with zero attached hydrogens (tertiary/aromatic N) is 1. The van der Waals surface area contributed by atoms with Gasteiger partial charge < -0.3 is 10.0 Å². The molecule has 3 nitrogen and oxygen atoms in total. The molecule has 2 N–H and O–H groups in total. The Morgan fingerprint density at radius 2 is 2.36 bits per heavy atom. The van der Waals surface area contributed by atoms with Gasteiger partial charge in [0.2, 0.25) is 0 Å². The summed E-state index contributed by atoms with van der Waals surface area (Å²) in [5, 5.41) is 17.0. The van der Waals surface area contributed by atoms with Crippen molar-refractivity contribution in [3.8, 4) is 0 Å². The van der Waals surface area contributed by atoms with Gasteiger partial charge in [-0.3, -0.25) is 5.41 Å². The van der Waals surface area contributed by atoms with Crippen LogP contribution in [0.25, 0.3) is 0 Å². The van der Waals surface area contributed by atoms with Crippen molar-refractivity contribution < 1.29 is 5.11 Å². The Morgan fingerprint density at radius 3 is 2.91 bits per heavy atom. The van der Waals surface area contributed by atoms with Gasteiger partial charge >= 0.3 is 0 Å².